The molecule has 0 aliphatic rings. The molecule has 0 amide bonds. The number of Topliss-reactive ketones (excluding diaryl/α,β-unsaturated/α-hetero) is 1. The van der Waals surface area contributed by atoms with E-state index >= 15 is 0 Å². The van der Waals surface area contributed by atoms with Crippen LogP contribution in [-0.4, -0.2) is 17.5 Å². The second-order valence-electron chi connectivity index (χ2n) is 5.72. The molecule has 0 aliphatic heterocycles. The number of rotatable bonds is 5. The van der Waals surface area contributed by atoms with E-state index in [1.165, 1.54) is 0 Å². The topological polar surface area (TPSA) is 61.1 Å². The molecule has 0 radical (unpaired) electrons. The highest BCUT2D eigenvalue weighted by Crippen LogP contribution is 2.24. The lowest BCUT2D eigenvalue weighted by Crippen LogP contribution is -3.00. The molecule has 0 aliphatic carbocycles. The summed E-state index contributed by atoms with van der Waals surface area (Å²) in [4.78, 5) is 12.5. The third-order valence-corrected chi connectivity index (χ3v) is 4.34. The predicted octanol–water partition coefficient (Wildman–Crippen LogP) is 0.111. The van der Waals surface area contributed by atoms with Crippen LogP contribution < -0.4 is 32.0 Å². The first kappa shape index (κ1) is 20.0. The fraction of sp³-hybridized carbons (Fsp3) is 0.158. The summed E-state index contributed by atoms with van der Waals surface area (Å²) in [6.45, 7) is 0.143. The van der Waals surface area contributed by atoms with Gasteiger partial charge in [0.2, 0.25) is 0 Å². The standard InChI is InChI=1S/C19H18ClN3O2.BrH/c1-22-17(13-5-4-8-16(10-13)25-2)11-23(19(22)21)12-18(24)14-6-3-7-15(20)9-14;/h3-11,21H,12H2,1-2H3;1H. The number of carbonyl (C=O) groups excluding carboxylic acids is 1. The summed E-state index contributed by atoms with van der Waals surface area (Å²) in [5.74, 6) is 1.20. The predicted molar refractivity (Wildman–Crippen MR) is 97.8 cm³/mol. The first-order valence-corrected chi connectivity index (χ1v) is 8.15. The molecule has 7 heteroatoms. The van der Waals surface area contributed by atoms with Crippen LogP contribution in [0, 0.1) is 0 Å². The highest BCUT2D eigenvalue weighted by molar-refractivity contribution is 6.30. The monoisotopic (exact) mass is 435 g/mol. The number of halogens is 2. The molecule has 3 rings (SSSR count). The average Bonchev–Trinajstić information content (AvgIpc) is 2.90. The number of aromatic nitrogens is 2. The van der Waals surface area contributed by atoms with E-state index in [1.807, 2.05) is 42.1 Å². The molecule has 2 N–H and O–H groups in total. The fourth-order valence-corrected chi connectivity index (χ4v) is 2.89. The molecule has 0 spiro atoms. The van der Waals surface area contributed by atoms with Crippen LogP contribution in [-0.2, 0) is 13.6 Å². The number of hydrogen-bond acceptors (Lipinski definition) is 3. The lowest BCUT2D eigenvalue weighted by Gasteiger charge is -2.02. The van der Waals surface area contributed by atoms with Gasteiger partial charge >= 0.3 is 5.95 Å². The van der Waals surface area contributed by atoms with E-state index in [0.29, 0.717) is 16.5 Å². The van der Waals surface area contributed by atoms with Gasteiger partial charge in [-0.1, -0.05) is 35.9 Å². The molecule has 0 saturated carbocycles. The number of ether oxygens (including phenoxy) is 1. The maximum absolute atomic E-state index is 12.5. The number of nitrogens with zero attached hydrogens (tertiary/aromatic N) is 2. The normalized spacial score (nSPS) is 10.3. The Labute approximate surface area is 167 Å². The van der Waals surface area contributed by atoms with E-state index in [4.69, 9.17) is 22.1 Å². The zero-order chi connectivity index (χ0) is 18.0. The smallest absolute Gasteiger partial charge is 0.355 e. The second kappa shape index (κ2) is 8.38. The first-order valence-electron chi connectivity index (χ1n) is 7.77. The van der Waals surface area contributed by atoms with E-state index in [9.17, 15) is 4.79 Å². The van der Waals surface area contributed by atoms with E-state index < -0.39 is 0 Å². The van der Waals surface area contributed by atoms with Crippen LogP contribution in [0.5, 0.6) is 5.75 Å². The Hall–Kier alpha value is -2.31. The maximum atomic E-state index is 12.5. The summed E-state index contributed by atoms with van der Waals surface area (Å²) in [6.07, 6.45) is 1.87. The van der Waals surface area contributed by atoms with Crippen molar-refractivity contribution in [3.63, 3.8) is 0 Å². The molecule has 0 unspecified atom stereocenters. The van der Waals surface area contributed by atoms with Crippen LogP contribution in [0.25, 0.3) is 11.3 Å². The van der Waals surface area contributed by atoms with E-state index in [-0.39, 0.29) is 29.3 Å². The molecule has 136 valence electrons. The third kappa shape index (κ3) is 4.08. The van der Waals surface area contributed by atoms with Gasteiger partial charge < -0.3 is 21.7 Å². The van der Waals surface area contributed by atoms with Gasteiger partial charge in [-0.3, -0.25) is 10.5 Å². The van der Waals surface area contributed by atoms with Gasteiger partial charge in [-0.05, 0) is 24.3 Å². The van der Waals surface area contributed by atoms with Gasteiger partial charge in [0.25, 0.3) is 0 Å². The Kier molecular flexibility index (Phi) is 6.45. The van der Waals surface area contributed by atoms with Crippen molar-refractivity contribution in [2.45, 2.75) is 6.54 Å². The third-order valence-electron chi connectivity index (χ3n) is 4.10. The van der Waals surface area contributed by atoms with Gasteiger partial charge in [0.05, 0.1) is 14.2 Å². The summed E-state index contributed by atoms with van der Waals surface area (Å²) in [6, 6.07) is 14.6. The molecular weight excluding hydrogens is 418 g/mol. The Morgan fingerprint density at radius 3 is 2.65 bits per heavy atom. The fourth-order valence-electron chi connectivity index (χ4n) is 2.70. The minimum atomic E-state index is -0.0537. The molecular formula is C19H19BrClN3O2. The van der Waals surface area contributed by atoms with Crippen molar-refractivity contribution in [3.8, 4) is 17.0 Å². The number of methoxy groups -OCH3 is 1. The van der Waals surface area contributed by atoms with E-state index in [1.54, 1.807) is 35.9 Å². The molecule has 0 bridgehead atoms. The van der Waals surface area contributed by atoms with Crippen LogP contribution in [0.4, 0.5) is 5.95 Å². The molecule has 5 nitrogen and oxygen atoms in total. The van der Waals surface area contributed by atoms with Gasteiger partial charge in [-0.25, -0.2) is 9.13 Å². The molecule has 0 fully saturated rings. The number of imidazole rings is 1. The van der Waals surface area contributed by atoms with Gasteiger partial charge in [0.1, 0.15) is 24.2 Å². The molecule has 26 heavy (non-hydrogen) atoms. The van der Waals surface area contributed by atoms with Crippen molar-refractivity contribution in [1.29, 1.82) is 0 Å². The van der Waals surface area contributed by atoms with Crippen molar-refractivity contribution < 1.29 is 31.1 Å². The van der Waals surface area contributed by atoms with Crippen molar-refractivity contribution in [3.05, 3.63) is 65.3 Å². The molecule has 0 saturated heterocycles. The van der Waals surface area contributed by atoms with E-state index in [0.717, 1.165) is 17.0 Å². The number of ketones is 1. The van der Waals surface area contributed by atoms with Crippen molar-refractivity contribution in [2.75, 3.05) is 12.8 Å². The number of nitrogen functional groups attached to an aromatic ring is 1. The highest BCUT2D eigenvalue weighted by Gasteiger charge is 2.20. The van der Waals surface area contributed by atoms with Crippen LogP contribution in [0.3, 0.4) is 0 Å². The largest absolute Gasteiger partial charge is 1.00 e. The van der Waals surface area contributed by atoms with E-state index in [2.05, 4.69) is 0 Å². The van der Waals surface area contributed by atoms with Crippen molar-refractivity contribution in [2.24, 2.45) is 7.05 Å². The maximum Gasteiger partial charge on any atom is 0.355 e. The van der Waals surface area contributed by atoms with Crippen LogP contribution in [0.2, 0.25) is 5.02 Å². The number of carbonyl (C=O) groups is 1. The number of hydrogen-bond donors (Lipinski definition) is 1. The first-order chi connectivity index (χ1) is 12.0. The van der Waals surface area contributed by atoms with Crippen molar-refractivity contribution in [1.82, 2.24) is 4.57 Å². The summed E-state index contributed by atoms with van der Waals surface area (Å²) in [5, 5.41) is 0.536. The molecule has 3 aromatic rings. The quantitative estimate of drug-likeness (QED) is 0.456. The SMILES string of the molecule is COc1cccc(-c2c[n+](CC(=O)c3cccc(Cl)c3)c(N)n2C)c1.[Br-]. The molecule has 0 atom stereocenters. The average molecular weight is 437 g/mol. The van der Waals surface area contributed by atoms with Crippen LogP contribution >= 0.6 is 11.6 Å². The van der Waals surface area contributed by atoms with Gasteiger partial charge in [0.15, 0.2) is 5.78 Å². The number of benzene rings is 2. The van der Waals surface area contributed by atoms with Crippen molar-refractivity contribution >= 4 is 23.3 Å². The minimum absolute atomic E-state index is 0. The minimum Gasteiger partial charge on any atom is -1.00 e. The zero-order valence-corrected chi connectivity index (χ0v) is 16.8. The Morgan fingerprint density at radius 1 is 1.23 bits per heavy atom. The Balaban J connectivity index is 0.00000243. The second-order valence-corrected chi connectivity index (χ2v) is 6.16. The zero-order valence-electron chi connectivity index (χ0n) is 14.4. The van der Waals surface area contributed by atoms with Gasteiger partial charge in [-0.2, -0.15) is 0 Å². The lowest BCUT2D eigenvalue weighted by molar-refractivity contribution is -0.667. The molecule has 1 heterocycles. The van der Waals surface area contributed by atoms with Crippen LogP contribution in [0.1, 0.15) is 10.4 Å². The Bertz CT molecular complexity index is 940. The summed E-state index contributed by atoms with van der Waals surface area (Å²) < 4.78 is 8.85. The van der Waals surface area contributed by atoms with Gasteiger partial charge in [-0.15, -0.1) is 0 Å². The summed E-state index contributed by atoms with van der Waals surface area (Å²) in [7, 11) is 3.49. The molecule has 1 aromatic heterocycles. The number of nitrogens with two attached hydrogens (primary N) is 1. The summed E-state index contributed by atoms with van der Waals surface area (Å²) >= 11 is 5.96. The van der Waals surface area contributed by atoms with Gasteiger partial charge in [0, 0.05) is 16.1 Å². The Morgan fingerprint density at radius 2 is 1.96 bits per heavy atom. The summed E-state index contributed by atoms with van der Waals surface area (Å²) in [5.41, 5.74) is 8.60. The number of anilines is 1. The highest BCUT2D eigenvalue weighted by atomic mass is 79.9. The van der Waals surface area contributed by atoms with Crippen LogP contribution in [0.15, 0.2) is 54.7 Å². The molecule has 2 aromatic carbocycles. The lowest BCUT2D eigenvalue weighted by atomic mass is 10.1.